The van der Waals surface area contributed by atoms with E-state index in [0.29, 0.717) is 5.82 Å². The molecule has 0 aliphatic carbocycles. The Morgan fingerprint density at radius 3 is 2.06 bits per heavy atom. The van der Waals surface area contributed by atoms with Crippen LogP contribution in [0.1, 0.15) is 0 Å². The molecule has 0 saturated heterocycles. The summed E-state index contributed by atoms with van der Waals surface area (Å²) in [4.78, 5) is 14.9. The van der Waals surface area contributed by atoms with Crippen molar-refractivity contribution in [3.8, 4) is 45.3 Å². The Morgan fingerprint density at radius 2 is 1.20 bits per heavy atom. The summed E-state index contributed by atoms with van der Waals surface area (Å²) in [6, 6.07) is 57.3. The minimum atomic E-state index is 0.690. The van der Waals surface area contributed by atoms with Gasteiger partial charge < -0.3 is 9.13 Å². The third kappa shape index (κ3) is 4.52. The Kier molecular flexibility index (Phi) is 6.42. The minimum Gasteiger partial charge on any atom is -0.316 e. The maximum atomic E-state index is 5.24. The summed E-state index contributed by atoms with van der Waals surface area (Å²) < 4.78 is 4.66. The molecule has 0 radical (unpaired) electrons. The van der Waals surface area contributed by atoms with Crippen molar-refractivity contribution in [2.45, 2.75) is 0 Å². The molecule has 10 aromatic rings. The van der Waals surface area contributed by atoms with Gasteiger partial charge in [0.2, 0.25) is 0 Å². The first-order valence-corrected chi connectivity index (χ1v) is 16.8. The van der Waals surface area contributed by atoms with Crippen LogP contribution in [-0.2, 0) is 0 Å². The molecule has 0 aliphatic heterocycles. The maximum absolute atomic E-state index is 5.24. The molecule has 5 nitrogen and oxygen atoms in total. The first-order valence-electron chi connectivity index (χ1n) is 16.8. The second-order valence-corrected chi connectivity index (χ2v) is 12.5. The van der Waals surface area contributed by atoms with Crippen LogP contribution < -0.4 is 0 Å². The van der Waals surface area contributed by atoms with Crippen LogP contribution in [-0.4, -0.2) is 24.1 Å². The molecule has 4 heterocycles. The molecule has 5 heteroatoms. The van der Waals surface area contributed by atoms with Gasteiger partial charge in [0, 0.05) is 62.0 Å². The Balaban J connectivity index is 1.15. The summed E-state index contributed by atoms with van der Waals surface area (Å²) >= 11 is 0. The van der Waals surface area contributed by atoms with Crippen LogP contribution in [0, 0.1) is 0 Å². The largest absolute Gasteiger partial charge is 0.316 e. The molecule has 6 aromatic carbocycles. The van der Waals surface area contributed by atoms with Gasteiger partial charge in [-0.25, -0.2) is 9.97 Å². The van der Waals surface area contributed by atoms with Gasteiger partial charge in [0.25, 0.3) is 0 Å². The van der Waals surface area contributed by atoms with E-state index in [9.17, 15) is 0 Å². The number of aromatic nitrogens is 5. The molecule has 0 amide bonds. The number of hydrogen-bond donors (Lipinski definition) is 0. The molecule has 4 aromatic heterocycles. The van der Waals surface area contributed by atoms with Gasteiger partial charge in [0.1, 0.15) is 0 Å². The Morgan fingerprint density at radius 1 is 0.440 bits per heavy atom. The Hall–Kier alpha value is -6.85. The summed E-state index contributed by atoms with van der Waals surface area (Å²) in [6.07, 6.45) is 4.00. The predicted octanol–water partition coefficient (Wildman–Crippen LogP) is 11.1. The van der Waals surface area contributed by atoms with Crippen molar-refractivity contribution in [2.24, 2.45) is 0 Å². The quantitative estimate of drug-likeness (QED) is 0.188. The first-order chi connectivity index (χ1) is 24.8. The van der Waals surface area contributed by atoms with E-state index in [-0.39, 0.29) is 0 Å². The third-order valence-electron chi connectivity index (χ3n) is 9.62. The van der Waals surface area contributed by atoms with E-state index in [1.54, 1.807) is 0 Å². The summed E-state index contributed by atoms with van der Waals surface area (Å²) in [7, 11) is 0. The highest BCUT2D eigenvalue weighted by molar-refractivity contribution is 6.18. The molecule has 10 rings (SSSR count). The zero-order valence-corrected chi connectivity index (χ0v) is 27.0. The van der Waals surface area contributed by atoms with Gasteiger partial charge >= 0.3 is 0 Å². The number of nitrogens with zero attached hydrogens (tertiary/aromatic N) is 5. The van der Waals surface area contributed by atoms with Gasteiger partial charge in [0.15, 0.2) is 5.82 Å². The highest BCUT2D eigenvalue weighted by Crippen LogP contribution is 2.38. The van der Waals surface area contributed by atoms with E-state index in [1.165, 1.54) is 27.2 Å². The Labute approximate surface area is 288 Å². The lowest BCUT2D eigenvalue weighted by atomic mass is 10.0. The van der Waals surface area contributed by atoms with Crippen molar-refractivity contribution in [1.82, 2.24) is 24.1 Å². The van der Waals surface area contributed by atoms with Crippen LogP contribution in [0.5, 0.6) is 0 Å². The molecule has 0 saturated carbocycles. The lowest BCUT2D eigenvalue weighted by Crippen LogP contribution is -1.98. The molecule has 50 heavy (non-hydrogen) atoms. The number of fused-ring (bicyclic) bond motifs is 6. The van der Waals surface area contributed by atoms with Crippen molar-refractivity contribution in [2.75, 3.05) is 0 Å². The molecule has 0 spiro atoms. The normalized spacial score (nSPS) is 11.6. The topological polar surface area (TPSA) is 48.5 Å². The molecule has 0 aliphatic rings. The van der Waals surface area contributed by atoms with E-state index in [0.717, 1.165) is 55.9 Å². The van der Waals surface area contributed by atoms with Crippen molar-refractivity contribution in [3.63, 3.8) is 0 Å². The molecular weight excluding hydrogens is 611 g/mol. The highest BCUT2D eigenvalue weighted by atomic mass is 15.0. The minimum absolute atomic E-state index is 0.690. The lowest BCUT2D eigenvalue weighted by molar-refractivity contribution is 1.13. The van der Waals surface area contributed by atoms with E-state index >= 15 is 0 Å². The average Bonchev–Trinajstić information content (AvgIpc) is 3.78. The summed E-state index contributed by atoms with van der Waals surface area (Å²) in [5.41, 5.74) is 11.5. The van der Waals surface area contributed by atoms with Gasteiger partial charge in [-0.3, -0.25) is 4.98 Å². The van der Waals surface area contributed by atoms with E-state index in [2.05, 4.69) is 154 Å². The van der Waals surface area contributed by atoms with Crippen molar-refractivity contribution in [3.05, 3.63) is 176 Å². The second kappa shape index (κ2) is 11.4. The van der Waals surface area contributed by atoms with Crippen molar-refractivity contribution >= 4 is 43.6 Å². The molecule has 0 atom stereocenters. The standard InChI is InChI=1S/C45H29N5/c1-2-12-33(13-3-1)49-28-26-38-41(49)25-24-36-35-15-5-7-19-42(35)50(44(36)38)34-14-10-11-32(29-34)45-47-40-18-6-4-16-37(40)43(48-45)31-22-20-30(21-23-31)39-17-8-9-27-46-39/h1-29H. The summed E-state index contributed by atoms with van der Waals surface area (Å²) in [5, 5.41) is 4.67. The fourth-order valence-electron chi connectivity index (χ4n) is 7.30. The zero-order valence-electron chi connectivity index (χ0n) is 27.0. The SMILES string of the molecule is c1ccc(-n2ccc3c2ccc2c4ccccc4n(-c4cccc(-c5nc(-c6ccc(-c7ccccn7)cc6)c6ccccc6n5)c4)c23)cc1. The van der Waals surface area contributed by atoms with Crippen molar-refractivity contribution < 1.29 is 0 Å². The van der Waals surface area contributed by atoms with Gasteiger partial charge in [-0.1, -0.05) is 103 Å². The molecular formula is C45H29N5. The van der Waals surface area contributed by atoms with Gasteiger partial charge in [-0.05, 0) is 60.7 Å². The van der Waals surface area contributed by atoms with Crippen LogP contribution >= 0.6 is 0 Å². The number of para-hydroxylation sites is 3. The third-order valence-corrected chi connectivity index (χ3v) is 9.62. The van der Waals surface area contributed by atoms with E-state index < -0.39 is 0 Å². The van der Waals surface area contributed by atoms with E-state index in [1.807, 2.05) is 36.5 Å². The Bertz CT molecular complexity index is 2850. The highest BCUT2D eigenvalue weighted by Gasteiger charge is 2.18. The monoisotopic (exact) mass is 639 g/mol. The number of pyridine rings is 1. The number of benzene rings is 6. The fourth-order valence-corrected chi connectivity index (χ4v) is 7.30. The number of rotatable bonds is 5. The summed E-state index contributed by atoms with van der Waals surface area (Å²) in [5.74, 6) is 0.690. The second-order valence-electron chi connectivity index (χ2n) is 12.5. The van der Waals surface area contributed by atoms with Crippen LogP contribution in [0.2, 0.25) is 0 Å². The van der Waals surface area contributed by atoms with Crippen LogP contribution in [0.4, 0.5) is 0 Å². The maximum Gasteiger partial charge on any atom is 0.160 e. The van der Waals surface area contributed by atoms with Crippen molar-refractivity contribution in [1.29, 1.82) is 0 Å². The molecule has 234 valence electrons. The predicted molar refractivity (Wildman–Crippen MR) is 205 cm³/mol. The molecule has 0 unspecified atom stereocenters. The van der Waals surface area contributed by atoms with Gasteiger partial charge in [0.05, 0.1) is 33.5 Å². The lowest BCUT2D eigenvalue weighted by Gasteiger charge is -2.13. The van der Waals surface area contributed by atoms with Crippen LogP contribution in [0.15, 0.2) is 176 Å². The van der Waals surface area contributed by atoms with Gasteiger partial charge in [-0.2, -0.15) is 0 Å². The van der Waals surface area contributed by atoms with Crippen LogP contribution in [0.3, 0.4) is 0 Å². The van der Waals surface area contributed by atoms with Crippen LogP contribution in [0.25, 0.3) is 88.9 Å². The summed E-state index contributed by atoms with van der Waals surface area (Å²) in [6.45, 7) is 0. The fraction of sp³-hybridized carbons (Fsp3) is 0. The van der Waals surface area contributed by atoms with E-state index in [4.69, 9.17) is 9.97 Å². The molecule has 0 bridgehead atoms. The molecule has 0 N–H and O–H groups in total. The zero-order chi connectivity index (χ0) is 33.0. The smallest absolute Gasteiger partial charge is 0.160 e. The first kappa shape index (κ1) is 28.2. The number of hydrogen-bond acceptors (Lipinski definition) is 3. The average molecular weight is 640 g/mol. The molecule has 0 fully saturated rings. The van der Waals surface area contributed by atoms with Gasteiger partial charge in [-0.15, -0.1) is 0 Å².